The molecule has 0 aliphatic rings. The zero-order chi connectivity index (χ0) is 12.5. The molecule has 0 fully saturated rings. The molecule has 0 atom stereocenters. The van der Waals surface area contributed by atoms with Crippen molar-refractivity contribution in [3.05, 3.63) is 53.9 Å². The molecule has 0 aliphatic carbocycles. The Labute approximate surface area is 101 Å². The predicted octanol–water partition coefficient (Wildman–Crippen LogP) is 2.01. The van der Waals surface area contributed by atoms with Gasteiger partial charge >= 0.3 is 0 Å². The first kappa shape index (κ1) is 11.5. The largest absolute Gasteiger partial charge is 0.268 e. The van der Waals surface area contributed by atoms with Crippen LogP contribution in [0, 0.1) is 19.3 Å². The van der Waals surface area contributed by atoms with Crippen LogP contribution in [0.15, 0.2) is 47.5 Å². The topological polar surface area (TPSA) is 39.1 Å². The Bertz CT molecular complexity index is 673. The molecule has 0 unspecified atom stereocenters. The molecule has 3 nitrogen and oxygen atoms in total. The molecular formula is C13H11NO2S. The second-order valence-electron chi connectivity index (χ2n) is 3.65. The molecule has 86 valence electrons. The molecule has 2 aromatic rings. The molecular weight excluding hydrogens is 234 g/mol. The van der Waals surface area contributed by atoms with Gasteiger partial charge in [0.25, 0.3) is 10.0 Å². The van der Waals surface area contributed by atoms with Crippen molar-refractivity contribution in [1.29, 1.82) is 0 Å². The van der Waals surface area contributed by atoms with Crippen molar-refractivity contribution in [3.63, 3.8) is 0 Å². The van der Waals surface area contributed by atoms with E-state index in [1.54, 1.807) is 36.4 Å². The maximum absolute atomic E-state index is 12.3. The molecule has 0 bridgehead atoms. The monoisotopic (exact) mass is 245 g/mol. The van der Waals surface area contributed by atoms with Crippen LogP contribution in [0.1, 0.15) is 11.3 Å². The molecule has 1 heterocycles. The first-order valence-electron chi connectivity index (χ1n) is 5.02. The van der Waals surface area contributed by atoms with E-state index >= 15 is 0 Å². The van der Waals surface area contributed by atoms with Crippen LogP contribution in [0.3, 0.4) is 0 Å². The fourth-order valence-electron chi connectivity index (χ4n) is 1.51. The van der Waals surface area contributed by atoms with Crippen LogP contribution in [-0.2, 0) is 10.0 Å². The first-order valence-corrected chi connectivity index (χ1v) is 6.46. The van der Waals surface area contributed by atoms with Gasteiger partial charge in [-0.1, -0.05) is 23.6 Å². The van der Waals surface area contributed by atoms with Crippen LogP contribution >= 0.6 is 0 Å². The predicted molar refractivity (Wildman–Crippen MR) is 66.1 cm³/mol. The van der Waals surface area contributed by atoms with Gasteiger partial charge in [0.1, 0.15) is 5.69 Å². The number of hydrogen-bond acceptors (Lipinski definition) is 2. The highest BCUT2D eigenvalue weighted by atomic mass is 32.2. The van der Waals surface area contributed by atoms with Crippen molar-refractivity contribution < 1.29 is 8.42 Å². The van der Waals surface area contributed by atoms with Crippen LogP contribution in [-0.4, -0.2) is 12.4 Å². The molecule has 4 heteroatoms. The van der Waals surface area contributed by atoms with E-state index in [9.17, 15) is 8.42 Å². The molecule has 0 saturated heterocycles. The van der Waals surface area contributed by atoms with Gasteiger partial charge in [0.15, 0.2) is 0 Å². The Hall–Kier alpha value is -1.99. The quantitative estimate of drug-likeness (QED) is 0.759. The van der Waals surface area contributed by atoms with Crippen molar-refractivity contribution in [2.45, 2.75) is 11.8 Å². The summed E-state index contributed by atoms with van der Waals surface area (Å²) in [5.74, 6) is 2.35. The molecule has 0 saturated carbocycles. The van der Waals surface area contributed by atoms with Crippen LogP contribution in [0.5, 0.6) is 0 Å². The van der Waals surface area contributed by atoms with Crippen LogP contribution in [0.2, 0.25) is 0 Å². The summed E-state index contributed by atoms with van der Waals surface area (Å²) in [5, 5.41) is 0. The van der Waals surface area contributed by atoms with E-state index in [4.69, 9.17) is 6.42 Å². The number of aryl methyl sites for hydroxylation is 1. The Kier molecular flexibility index (Phi) is 2.78. The van der Waals surface area contributed by atoms with E-state index in [-0.39, 0.29) is 4.90 Å². The molecule has 2 rings (SSSR count). The number of rotatable bonds is 2. The minimum Gasteiger partial charge on any atom is -0.234 e. The van der Waals surface area contributed by atoms with Gasteiger partial charge in [-0.3, -0.25) is 0 Å². The van der Waals surface area contributed by atoms with Crippen molar-refractivity contribution in [2.24, 2.45) is 0 Å². The second kappa shape index (κ2) is 4.11. The summed E-state index contributed by atoms with van der Waals surface area (Å²) in [5.41, 5.74) is 1.33. The van der Waals surface area contributed by atoms with E-state index in [1.165, 1.54) is 6.20 Å². The summed E-state index contributed by atoms with van der Waals surface area (Å²) < 4.78 is 25.6. The fourth-order valence-corrected chi connectivity index (χ4v) is 2.82. The Morgan fingerprint density at radius 1 is 1.18 bits per heavy atom. The number of nitrogens with zero attached hydrogens (tertiary/aromatic N) is 1. The van der Waals surface area contributed by atoms with E-state index in [1.807, 2.05) is 6.92 Å². The van der Waals surface area contributed by atoms with E-state index in [2.05, 4.69) is 5.92 Å². The summed E-state index contributed by atoms with van der Waals surface area (Å²) >= 11 is 0. The zero-order valence-corrected chi connectivity index (χ0v) is 10.1. The highest BCUT2D eigenvalue weighted by Crippen LogP contribution is 2.16. The average molecular weight is 245 g/mol. The minimum absolute atomic E-state index is 0.232. The Morgan fingerprint density at radius 3 is 2.41 bits per heavy atom. The molecule has 0 radical (unpaired) electrons. The van der Waals surface area contributed by atoms with Crippen LogP contribution < -0.4 is 0 Å². The third-order valence-corrected chi connectivity index (χ3v) is 4.14. The molecule has 0 spiro atoms. The van der Waals surface area contributed by atoms with Gasteiger partial charge in [0.05, 0.1) is 4.90 Å². The van der Waals surface area contributed by atoms with Gasteiger partial charge in [-0.15, -0.1) is 6.42 Å². The average Bonchev–Trinajstić information content (AvgIpc) is 2.78. The lowest BCUT2D eigenvalue weighted by atomic mass is 10.2. The van der Waals surface area contributed by atoms with Crippen molar-refractivity contribution in [1.82, 2.24) is 3.97 Å². The number of hydrogen-bond donors (Lipinski definition) is 0. The highest BCUT2D eigenvalue weighted by molar-refractivity contribution is 7.90. The molecule has 0 aliphatic heterocycles. The van der Waals surface area contributed by atoms with E-state index in [0.29, 0.717) is 5.69 Å². The SMILES string of the molecule is C#Cc1cccn1S(=O)(=O)c1ccc(C)cc1. The normalized spacial score (nSPS) is 11.1. The zero-order valence-electron chi connectivity index (χ0n) is 9.29. The van der Waals surface area contributed by atoms with E-state index < -0.39 is 10.0 Å². The summed E-state index contributed by atoms with van der Waals surface area (Å²) in [7, 11) is -3.58. The van der Waals surface area contributed by atoms with Gasteiger partial charge in [0, 0.05) is 6.20 Å². The standard InChI is InChI=1S/C13H11NO2S/c1-3-12-5-4-10-14(12)17(15,16)13-8-6-11(2)7-9-13/h1,4-10H,2H3. The minimum atomic E-state index is -3.58. The third-order valence-electron chi connectivity index (χ3n) is 2.44. The molecule has 0 amide bonds. The maximum Gasteiger partial charge on any atom is 0.268 e. The van der Waals surface area contributed by atoms with E-state index in [0.717, 1.165) is 9.54 Å². The molecule has 0 N–H and O–H groups in total. The fraction of sp³-hybridized carbons (Fsp3) is 0.0769. The highest BCUT2D eigenvalue weighted by Gasteiger charge is 2.17. The van der Waals surface area contributed by atoms with Crippen molar-refractivity contribution >= 4 is 10.0 Å². The maximum atomic E-state index is 12.3. The summed E-state index contributed by atoms with van der Waals surface area (Å²) in [4.78, 5) is 0.232. The lowest BCUT2D eigenvalue weighted by Crippen LogP contribution is -2.13. The Balaban J connectivity index is 2.59. The number of terminal acetylenes is 1. The van der Waals surface area contributed by atoms with Gasteiger partial charge in [0.2, 0.25) is 0 Å². The third kappa shape index (κ3) is 1.97. The van der Waals surface area contributed by atoms with Gasteiger partial charge < -0.3 is 0 Å². The Morgan fingerprint density at radius 2 is 1.82 bits per heavy atom. The first-order chi connectivity index (χ1) is 8.05. The molecule has 17 heavy (non-hydrogen) atoms. The summed E-state index contributed by atoms with van der Waals surface area (Å²) in [6.07, 6.45) is 6.71. The van der Waals surface area contributed by atoms with Crippen molar-refractivity contribution in [3.8, 4) is 12.3 Å². The molecule has 1 aromatic heterocycles. The summed E-state index contributed by atoms with van der Waals surface area (Å²) in [6, 6.07) is 9.86. The second-order valence-corrected chi connectivity index (χ2v) is 5.47. The van der Waals surface area contributed by atoms with Gasteiger partial charge in [-0.05, 0) is 31.2 Å². The molecule has 1 aromatic carbocycles. The smallest absolute Gasteiger partial charge is 0.234 e. The number of aromatic nitrogens is 1. The number of benzene rings is 1. The lowest BCUT2D eigenvalue weighted by Gasteiger charge is -2.07. The van der Waals surface area contributed by atoms with Crippen LogP contribution in [0.4, 0.5) is 0 Å². The summed E-state index contributed by atoms with van der Waals surface area (Å²) in [6.45, 7) is 1.90. The lowest BCUT2D eigenvalue weighted by molar-refractivity contribution is 0.587. The van der Waals surface area contributed by atoms with Gasteiger partial charge in [-0.2, -0.15) is 0 Å². The van der Waals surface area contributed by atoms with Crippen molar-refractivity contribution in [2.75, 3.05) is 0 Å². The van der Waals surface area contributed by atoms with Crippen LogP contribution in [0.25, 0.3) is 0 Å². The van der Waals surface area contributed by atoms with Gasteiger partial charge in [-0.25, -0.2) is 12.4 Å².